The lowest BCUT2D eigenvalue weighted by atomic mass is 9.78. The molecule has 0 saturated heterocycles. The predicted molar refractivity (Wildman–Crippen MR) is 74.9 cm³/mol. The number of ether oxygens (including phenoxy) is 2. The summed E-state index contributed by atoms with van der Waals surface area (Å²) >= 11 is 0. The van der Waals surface area contributed by atoms with Crippen molar-refractivity contribution in [3.63, 3.8) is 0 Å². The van der Waals surface area contributed by atoms with Gasteiger partial charge in [0.2, 0.25) is 12.7 Å². The van der Waals surface area contributed by atoms with Crippen LogP contribution in [0.2, 0.25) is 0 Å². The molecule has 6 nitrogen and oxygen atoms in total. The van der Waals surface area contributed by atoms with E-state index in [1.54, 1.807) is 6.07 Å². The van der Waals surface area contributed by atoms with Crippen LogP contribution in [0.25, 0.3) is 0 Å². The molecule has 1 N–H and O–H groups in total. The maximum Gasteiger partial charge on any atom is 0.231 e. The maximum absolute atomic E-state index is 12.3. The lowest BCUT2D eigenvalue weighted by molar-refractivity contribution is -0.314. The first kappa shape index (κ1) is 14.7. The fourth-order valence-electron chi connectivity index (χ4n) is 3.10. The van der Waals surface area contributed by atoms with Crippen molar-refractivity contribution in [3.8, 4) is 11.5 Å². The van der Waals surface area contributed by atoms with Gasteiger partial charge >= 0.3 is 0 Å². The van der Waals surface area contributed by atoms with Gasteiger partial charge in [-0.15, -0.1) is 0 Å². The van der Waals surface area contributed by atoms with Gasteiger partial charge in [0.15, 0.2) is 11.5 Å². The molecular weight excluding hydrogens is 286 g/mol. The zero-order valence-electron chi connectivity index (χ0n) is 12.2. The van der Waals surface area contributed by atoms with E-state index in [9.17, 15) is 14.7 Å². The molecule has 22 heavy (non-hydrogen) atoms. The summed E-state index contributed by atoms with van der Waals surface area (Å²) in [6, 6.07) is 5.47. The SMILES string of the molecule is O=C([O-])[C@H]1CCCC[C@H]1C(=O)NCc1ccc2c(c1)OCO2. The first-order valence-electron chi connectivity index (χ1n) is 7.52. The number of fused-ring (bicyclic) bond motifs is 1. The lowest BCUT2D eigenvalue weighted by Crippen LogP contribution is -2.44. The van der Waals surface area contributed by atoms with Gasteiger partial charge in [-0.25, -0.2) is 0 Å². The fourth-order valence-corrected chi connectivity index (χ4v) is 3.10. The molecule has 0 spiro atoms. The van der Waals surface area contributed by atoms with Gasteiger partial charge in [-0.05, 0) is 30.5 Å². The molecule has 1 aromatic carbocycles. The van der Waals surface area contributed by atoms with Crippen LogP contribution in [0.15, 0.2) is 18.2 Å². The average Bonchev–Trinajstić information content (AvgIpc) is 3.00. The van der Waals surface area contributed by atoms with E-state index in [0.29, 0.717) is 30.9 Å². The van der Waals surface area contributed by atoms with Crippen LogP contribution in [0.5, 0.6) is 11.5 Å². The van der Waals surface area contributed by atoms with Crippen LogP contribution in [0.1, 0.15) is 31.2 Å². The number of carboxylic acid groups (broad SMARTS) is 1. The van der Waals surface area contributed by atoms with Crippen molar-refractivity contribution >= 4 is 11.9 Å². The summed E-state index contributed by atoms with van der Waals surface area (Å²) < 4.78 is 10.5. The minimum absolute atomic E-state index is 0.209. The normalized spacial score (nSPS) is 23.1. The molecule has 2 aliphatic rings. The Morgan fingerprint density at radius 1 is 1.14 bits per heavy atom. The molecule has 0 unspecified atom stereocenters. The van der Waals surface area contributed by atoms with E-state index < -0.39 is 17.8 Å². The summed E-state index contributed by atoms with van der Waals surface area (Å²) in [6.07, 6.45) is 2.84. The molecule has 0 aromatic heterocycles. The first-order chi connectivity index (χ1) is 10.6. The summed E-state index contributed by atoms with van der Waals surface area (Å²) in [7, 11) is 0. The molecule has 0 radical (unpaired) electrons. The first-order valence-corrected chi connectivity index (χ1v) is 7.52. The van der Waals surface area contributed by atoms with Gasteiger partial charge in [0.25, 0.3) is 0 Å². The van der Waals surface area contributed by atoms with Crippen LogP contribution >= 0.6 is 0 Å². The Bertz CT molecular complexity index is 586. The molecule has 1 aliphatic heterocycles. The molecule has 0 bridgehead atoms. The van der Waals surface area contributed by atoms with E-state index in [0.717, 1.165) is 18.4 Å². The molecule has 1 fully saturated rings. The van der Waals surface area contributed by atoms with E-state index >= 15 is 0 Å². The quantitative estimate of drug-likeness (QED) is 0.879. The number of nitrogens with one attached hydrogen (secondary N) is 1. The van der Waals surface area contributed by atoms with Crippen molar-refractivity contribution in [2.75, 3.05) is 6.79 Å². The Balaban J connectivity index is 1.60. The van der Waals surface area contributed by atoms with Crippen molar-refractivity contribution in [2.24, 2.45) is 11.8 Å². The van der Waals surface area contributed by atoms with Gasteiger partial charge in [-0.3, -0.25) is 4.79 Å². The van der Waals surface area contributed by atoms with E-state index in [1.807, 2.05) is 12.1 Å². The molecule has 118 valence electrons. The van der Waals surface area contributed by atoms with Crippen LogP contribution in [-0.4, -0.2) is 18.7 Å². The minimum Gasteiger partial charge on any atom is -0.550 e. The molecule has 1 aliphatic carbocycles. The van der Waals surface area contributed by atoms with E-state index in [2.05, 4.69) is 5.32 Å². The van der Waals surface area contributed by atoms with Crippen molar-refractivity contribution in [1.29, 1.82) is 0 Å². The highest BCUT2D eigenvalue weighted by molar-refractivity contribution is 5.84. The number of carboxylic acids is 1. The van der Waals surface area contributed by atoms with Gasteiger partial charge in [0, 0.05) is 24.3 Å². The Morgan fingerprint density at radius 2 is 1.86 bits per heavy atom. The number of carbonyl (C=O) groups excluding carboxylic acids is 2. The molecule has 2 atom stereocenters. The molecule has 1 heterocycles. The van der Waals surface area contributed by atoms with Gasteiger partial charge in [-0.2, -0.15) is 0 Å². The molecule has 6 heteroatoms. The largest absolute Gasteiger partial charge is 0.550 e. The van der Waals surface area contributed by atoms with Crippen molar-refractivity contribution in [3.05, 3.63) is 23.8 Å². The molecule has 3 rings (SSSR count). The maximum atomic E-state index is 12.3. The molecule has 1 aromatic rings. The topological polar surface area (TPSA) is 87.7 Å². The van der Waals surface area contributed by atoms with E-state index in [-0.39, 0.29) is 12.7 Å². The van der Waals surface area contributed by atoms with Crippen LogP contribution in [-0.2, 0) is 16.1 Å². The van der Waals surface area contributed by atoms with Crippen LogP contribution < -0.4 is 19.9 Å². The number of amides is 1. The second-order valence-corrected chi connectivity index (χ2v) is 5.72. The highest BCUT2D eigenvalue weighted by Crippen LogP contribution is 2.33. The zero-order chi connectivity index (χ0) is 15.5. The number of hydrogen-bond acceptors (Lipinski definition) is 5. The monoisotopic (exact) mass is 304 g/mol. The summed E-state index contributed by atoms with van der Waals surface area (Å²) in [4.78, 5) is 23.4. The standard InChI is InChI=1S/C16H19NO5/c18-15(11-3-1-2-4-12(11)16(19)20)17-8-10-5-6-13-14(7-10)22-9-21-13/h5-7,11-12H,1-4,8-9H2,(H,17,18)(H,19,20)/p-1/t11-,12+/m1/s1. The second kappa shape index (κ2) is 6.25. The van der Waals surface area contributed by atoms with Gasteiger partial charge in [-0.1, -0.05) is 18.9 Å². The molecule has 1 amide bonds. The summed E-state index contributed by atoms with van der Waals surface area (Å²) in [5.74, 6) is -1.15. The zero-order valence-corrected chi connectivity index (χ0v) is 12.2. The third-order valence-electron chi connectivity index (χ3n) is 4.31. The summed E-state index contributed by atoms with van der Waals surface area (Å²) in [5, 5.41) is 14.0. The van der Waals surface area contributed by atoms with Crippen LogP contribution in [0.4, 0.5) is 0 Å². The molecule has 1 saturated carbocycles. The van der Waals surface area contributed by atoms with E-state index in [4.69, 9.17) is 9.47 Å². The van der Waals surface area contributed by atoms with Crippen molar-refractivity contribution < 1.29 is 24.2 Å². The number of carbonyl (C=O) groups is 2. The minimum atomic E-state index is -1.12. The average molecular weight is 304 g/mol. The Hall–Kier alpha value is -2.24. The third kappa shape index (κ3) is 3.00. The third-order valence-corrected chi connectivity index (χ3v) is 4.31. The van der Waals surface area contributed by atoms with Crippen molar-refractivity contribution in [2.45, 2.75) is 32.2 Å². The van der Waals surface area contributed by atoms with E-state index in [1.165, 1.54) is 0 Å². The lowest BCUT2D eigenvalue weighted by Gasteiger charge is -2.31. The smallest absolute Gasteiger partial charge is 0.231 e. The Kier molecular flexibility index (Phi) is 4.18. The molecular formula is C16H18NO5-. The number of rotatable bonds is 4. The Morgan fingerprint density at radius 3 is 2.64 bits per heavy atom. The highest BCUT2D eigenvalue weighted by Gasteiger charge is 2.31. The number of aliphatic carboxylic acids is 1. The second-order valence-electron chi connectivity index (χ2n) is 5.72. The van der Waals surface area contributed by atoms with Crippen LogP contribution in [0.3, 0.4) is 0 Å². The fraction of sp³-hybridized carbons (Fsp3) is 0.500. The van der Waals surface area contributed by atoms with Crippen LogP contribution in [0, 0.1) is 11.8 Å². The predicted octanol–water partition coefficient (Wildman–Crippen LogP) is 0.588. The Labute approximate surface area is 128 Å². The van der Waals surface area contributed by atoms with Gasteiger partial charge < -0.3 is 24.7 Å². The highest BCUT2D eigenvalue weighted by atomic mass is 16.7. The number of benzene rings is 1. The van der Waals surface area contributed by atoms with Gasteiger partial charge in [0.05, 0.1) is 0 Å². The summed E-state index contributed by atoms with van der Waals surface area (Å²) in [6.45, 7) is 0.548. The number of hydrogen-bond donors (Lipinski definition) is 1. The summed E-state index contributed by atoms with van der Waals surface area (Å²) in [5.41, 5.74) is 0.887. The van der Waals surface area contributed by atoms with Crippen molar-refractivity contribution in [1.82, 2.24) is 5.32 Å². The van der Waals surface area contributed by atoms with Gasteiger partial charge in [0.1, 0.15) is 0 Å².